The first kappa shape index (κ1) is 19.0. The van der Waals surface area contributed by atoms with E-state index in [0.717, 1.165) is 19.3 Å². The third-order valence-corrected chi connectivity index (χ3v) is 5.66. The topological polar surface area (TPSA) is 59.6 Å². The van der Waals surface area contributed by atoms with Crippen molar-refractivity contribution in [2.45, 2.75) is 37.5 Å². The molecule has 2 N–H and O–H groups in total. The van der Waals surface area contributed by atoms with E-state index in [2.05, 4.69) is 47.0 Å². The number of carbonyl (C=O) groups is 1. The number of aryl methyl sites for hydroxylation is 1. The normalized spacial score (nSPS) is 26.0. The summed E-state index contributed by atoms with van der Waals surface area (Å²) >= 11 is 0. The van der Waals surface area contributed by atoms with Crippen LogP contribution in [0.25, 0.3) is 0 Å². The zero-order chi connectivity index (χ0) is 19.2. The van der Waals surface area contributed by atoms with E-state index in [4.69, 9.17) is 9.47 Å². The van der Waals surface area contributed by atoms with E-state index in [-0.39, 0.29) is 24.3 Å². The van der Waals surface area contributed by atoms with Gasteiger partial charge < -0.3 is 20.1 Å². The lowest BCUT2D eigenvalue weighted by atomic mass is 9.93. The van der Waals surface area contributed by atoms with Crippen LogP contribution in [-0.2, 0) is 22.3 Å². The van der Waals surface area contributed by atoms with Gasteiger partial charge in [0.05, 0.1) is 25.4 Å². The van der Waals surface area contributed by atoms with Gasteiger partial charge in [0.2, 0.25) is 0 Å². The van der Waals surface area contributed by atoms with Crippen LogP contribution < -0.4 is 10.6 Å². The van der Waals surface area contributed by atoms with Crippen molar-refractivity contribution in [3.63, 3.8) is 0 Å². The number of carbonyl (C=O) groups excluding carboxylic acids is 1. The first-order valence-electron chi connectivity index (χ1n) is 10.1. The summed E-state index contributed by atoms with van der Waals surface area (Å²) in [5, 5.41) is 5.97. The van der Waals surface area contributed by atoms with Crippen LogP contribution in [-0.4, -0.2) is 44.0 Å². The lowest BCUT2D eigenvalue weighted by molar-refractivity contribution is 0.0615. The zero-order valence-corrected chi connectivity index (χ0v) is 16.1. The van der Waals surface area contributed by atoms with Crippen LogP contribution >= 0.6 is 0 Å². The summed E-state index contributed by atoms with van der Waals surface area (Å²) < 4.78 is 12.0. The molecule has 0 aromatic heterocycles. The molecule has 148 valence electrons. The van der Waals surface area contributed by atoms with E-state index >= 15 is 0 Å². The van der Waals surface area contributed by atoms with Crippen molar-refractivity contribution < 1.29 is 14.3 Å². The minimum absolute atomic E-state index is 0.0411. The Morgan fingerprint density at radius 3 is 2.21 bits per heavy atom. The van der Waals surface area contributed by atoms with Crippen molar-refractivity contribution >= 4 is 6.03 Å². The molecule has 0 unspecified atom stereocenters. The molecule has 2 aromatic rings. The molecule has 0 bridgehead atoms. The SMILES string of the molecule is O=C(NCCc1ccccc1)N[C@H]1CO[C@@H]2[C@@H](CCc3ccccc3)CO[C@@H]21. The average molecular weight is 380 g/mol. The molecule has 0 saturated carbocycles. The summed E-state index contributed by atoms with van der Waals surface area (Å²) in [7, 11) is 0. The maximum absolute atomic E-state index is 12.2. The van der Waals surface area contributed by atoms with Crippen molar-refractivity contribution in [3.8, 4) is 0 Å². The molecule has 2 amide bonds. The number of rotatable bonds is 7. The zero-order valence-electron chi connectivity index (χ0n) is 16.1. The molecule has 2 heterocycles. The summed E-state index contributed by atoms with van der Waals surface area (Å²) in [5.74, 6) is 0.387. The van der Waals surface area contributed by atoms with Crippen LogP contribution in [0.2, 0.25) is 0 Å². The third-order valence-electron chi connectivity index (χ3n) is 5.66. The van der Waals surface area contributed by atoms with Gasteiger partial charge in [-0.05, 0) is 30.4 Å². The van der Waals surface area contributed by atoms with Gasteiger partial charge in [-0.25, -0.2) is 4.79 Å². The summed E-state index contributed by atoms with van der Waals surface area (Å²) in [6, 6.07) is 20.4. The first-order chi connectivity index (χ1) is 13.8. The van der Waals surface area contributed by atoms with E-state index < -0.39 is 0 Å². The minimum Gasteiger partial charge on any atom is -0.373 e. The lowest BCUT2D eigenvalue weighted by Crippen LogP contribution is -2.48. The Kier molecular flexibility index (Phi) is 6.24. The van der Waals surface area contributed by atoms with Gasteiger partial charge in [-0.15, -0.1) is 0 Å². The molecule has 4 atom stereocenters. The summed E-state index contributed by atoms with van der Waals surface area (Å²) in [6.45, 7) is 1.83. The Hall–Kier alpha value is -2.37. The molecule has 5 nitrogen and oxygen atoms in total. The van der Waals surface area contributed by atoms with Crippen LogP contribution in [0.3, 0.4) is 0 Å². The van der Waals surface area contributed by atoms with E-state index in [1.165, 1.54) is 11.1 Å². The van der Waals surface area contributed by atoms with E-state index in [0.29, 0.717) is 25.7 Å². The van der Waals surface area contributed by atoms with Crippen molar-refractivity contribution in [1.29, 1.82) is 0 Å². The Morgan fingerprint density at radius 1 is 0.857 bits per heavy atom. The largest absolute Gasteiger partial charge is 0.373 e. The van der Waals surface area contributed by atoms with Gasteiger partial charge in [0.25, 0.3) is 0 Å². The van der Waals surface area contributed by atoms with Crippen LogP contribution in [0.15, 0.2) is 60.7 Å². The standard InChI is InChI=1S/C23H28N2O3/c26-23(24-14-13-18-9-5-2-6-10-18)25-20-16-28-21-19(15-27-22(20)21)12-11-17-7-3-1-4-8-17/h1-10,19-22H,11-16H2,(H2,24,25,26)/t19-,20-,21+,22+/m0/s1. The van der Waals surface area contributed by atoms with Crippen molar-refractivity contribution in [2.75, 3.05) is 19.8 Å². The number of fused-ring (bicyclic) bond motifs is 1. The smallest absolute Gasteiger partial charge is 0.315 e. The highest BCUT2D eigenvalue weighted by atomic mass is 16.6. The molecule has 2 aromatic carbocycles. The fourth-order valence-electron chi connectivity index (χ4n) is 4.13. The molecule has 0 radical (unpaired) electrons. The van der Waals surface area contributed by atoms with E-state index in [1.54, 1.807) is 0 Å². The minimum atomic E-state index is -0.151. The fourth-order valence-corrected chi connectivity index (χ4v) is 4.13. The predicted octanol–water partition coefficient (Wildman–Crippen LogP) is 2.94. The number of nitrogens with one attached hydrogen (secondary N) is 2. The van der Waals surface area contributed by atoms with Gasteiger partial charge >= 0.3 is 6.03 Å². The van der Waals surface area contributed by atoms with E-state index in [9.17, 15) is 4.79 Å². The van der Waals surface area contributed by atoms with Crippen LogP contribution in [0.4, 0.5) is 4.79 Å². The number of benzene rings is 2. The molecule has 28 heavy (non-hydrogen) atoms. The molecule has 2 saturated heterocycles. The Morgan fingerprint density at radius 2 is 1.50 bits per heavy atom. The monoisotopic (exact) mass is 380 g/mol. The molecule has 0 spiro atoms. The second-order valence-corrected chi connectivity index (χ2v) is 7.62. The van der Waals surface area contributed by atoms with Crippen LogP contribution in [0.5, 0.6) is 0 Å². The maximum Gasteiger partial charge on any atom is 0.315 e. The second-order valence-electron chi connectivity index (χ2n) is 7.62. The van der Waals surface area contributed by atoms with Crippen molar-refractivity contribution in [2.24, 2.45) is 5.92 Å². The fraction of sp³-hybridized carbons (Fsp3) is 0.435. The van der Waals surface area contributed by atoms with Gasteiger partial charge in [-0.3, -0.25) is 0 Å². The molecule has 0 aliphatic carbocycles. The molecular formula is C23H28N2O3. The van der Waals surface area contributed by atoms with Gasteiger partial charge in [0.15, 0.2) is 0 Å². The first-order valence-corrected chi connectivity index (χ1v) is 10.1. The highest BCUT2D eigenvalue weighted by Gasteiger charge is 2.47. The Balaban J connectivity index is 1.20. The Labute approximate surface area is 166 Å². The number of ether oxygens (including phenoxy) is 2. The molecule has 2 aliphatic heterocycles. The van der Waals surface area contributed by atoms with Gasteiger partial charge in [-0.2, -0.15) is 0 Å². The number of hydrogen-bond acceptors (Lipinski definition) is 3. The highest BCUT2D eigenvalue weighted by molar-refractivity contribution is 5.74. The second kappa shape index (κ2) is 9.22. The van der Waals surface area contributed by atoms with Crippen LogP contribution in [0.1, 0.15) is 17.5 Å². The maximum atomic E-state index is 12.2. The van der Waals surface area contributed by atoms with Crippen molar-refractivity contribution in [1.82, 2.24) is 10.6 Å². The molecule has 2 aliphatic rings. The summed E-state index contributed by atoms with van der Waals surface area (Å²) in [5.41, 5.74) is 2.56. The van der Waals surface area contributed by atoms with E-state index in [1.807, 2.05) is 24.3 Å². The van der Waals surface area contributed by atoms with Gasteiger partial charge in [0.1, 0.15) is 6.10 Å². The number of amides is 2. The summed E-state index contributed by atoms with van der Waals surface area (Å²) in [6.07, 6.45) is 2.93. The van der Waals surface area contributed by atoms with Gasteiger partial charge in [-0.1, -0.05) is 60.7 Å². The third kappa shape index (κ3) is 4.72. The molecule has 2 fully saturated rings. The quantitative estimate of drug-likeness (QED) is 0.776. The molecule has 5 heteroatoms. The number of urea groups is 1. The highest BCUT2D eigenvalue weighted by Crippen LogP contribution is 2.33. The van der Waals surface area contributed by atoms with Gasteiger partial charge in [0, 0.05) is 12.5 Å². The summed E-state index contributed by atoms with van der Waals surface area (Å²) in [4.78, 5) is 12.2. The Bertz CT molecular complexity index is 753. The number of hydrogen-bond donors (Lipinski definition) is 2. The van der Waals surface area contributed by atoms with Crippen LogP contribution in [0, 0.1) is 5.92 Å². The average Bonchev–Trinajstić information content (AvgIpc) is 3.31. The predicted molar refractivity (Wildman–Crippen MR) is 108 cm³/mol. The molecular weight excluding hydrogens is 352 g/mol. The molecule has 4 rings (SSSR count). The van der Waals surface area contributed by atoms with Crippen molar-refractivity contribution in [3.05, 3.63) is 71.8 Å². The lowest BCUT2D eigenvalue weighted by Gasteiger charge is -2.18.